The largest absolute Gasteiger partial charge is 0.494 e. The van der Waals surface area contributed by atoms with Crippen LogP contribution in [0.4, 0.5) is 5.69 Å². The Morgan fingerprint density at radius 1 is 1.14 bits per heavy atom. The molecule has 0 aliphatic rings. The molecular formula is C24H27BrN2O2. The first-order chi connectivity index (χ1) is 14.1. The number of hydrogen-bond donors (Lipinski definition) is 1. The average molecular weight is 455 g/mol. The number of ether oxygens (including phenoxy) is 1. The van der Waals surface area contributed by atoms with Crippen LogP contribution in [0.3, 0.4) is 0 Å². The number of aryl methyl sites for hydroxylation is 1. The van der Waals surface area contributed by atoms with Crippen LogP contribution in [0.2, 0.25) is 0 Å². The van der Waals surface area contributed by atoms with E-state index in [0.717, 1.165) is 47.9 Å². The fourth-order valence-corrected chi connectivity index (χ4v) is 3.22. The van der Waals surface area contributed by atoms with E-state index in [4.69, 9.17) is 4.74 Å². The number of rotatable bonds is 10. The Kier molecular flexibility index (Phi) is 9.46. The summed E-state index contributed by atoms with van der Waals surface area (Å²) in [5, 5.41) is 12.2. The van der Waals surface area contributed by atoms with Crippen molar-refractivity contribution in [3.05, 3.63) is 63.6 Å². The predicted octanol–water partition coefficient (Wildman–Crippen LogP) is 6.52. The van der Waals surface area contributed by atoms with E-state index < -0.39 is 5.91 Å². The Morgan fingerprint density at radius 3 is 2.48 bits per heavy atom. The van der Waals surface area contributed by atoms with Crippen LogP contribution in [0.1, 0.15) is 50.7 Å². The molecule has 1 N–H and O–H groups in total. The Hall–Kier alpha value is -2.58. The standard InChI is InChI=1S/C24H27BrN2O2/c1-3-5-7-18-10-13-23(22(25)16-18)27-24(28)20(17-26)15-19-8-11-21(12-9-19)29-14-6-4-2/h8-13,15-16H,3-7,14H2,1-2H3,(H,27,28)/b20-15+. The van der Waals surface area contributed by atoms with Crippen molar-refractivity contribution in [3.8, 4) is 11.8 Å². The molecule has 29 heavy (non-hydrogen) atoms. The topological polar surface area (TPSA) is 62.1 Å². The van der Waals surface area contributed by atoms with E-state index in [1.165, 1.54) is 5.56 Å². The van der Waals surface area contributed by atoms with E-state index >= 15 is 0 Å². The van der Waals surface area contributed by atoms with E-state index in [2.05, 4.69) is 35.1 Å². The quantitative estimate of drug-likeness (QED) is 0.252. The molecule has 0 aliphatic carbocycles. The highest BCUT2D eigenvalue weighted by atomic mass is 79.9. The minimum absolute atomic E-state index is 0.0478. The van der Waals surface area contributed by atoms with Gasteiger partial charge in [0.15, 0.2) is 0 Å². The summed E-state index contributed by atoms with van der Waals surface area (Å²) in [4.78, 5) is 12.6. The molecule has 152 valence electrons. The molecule has 0 fully saturated rings. The number of carbonyl (C=O) groups excluding carboxylic acids is 1. The molecule has 0 radical (unpaired) electrons. The second-order valence-electron chi connectivity index (χ2n) is 6.81. The molecule has 0 saturated carbocycles. The van der Waals surface area contributed by atoms with Gasteiger partial charge in [0.25, 0.3) is 5.91 Å². The number of anilines is 1. The lowest BCUT2D eigenvalue weighted by molar-refractivity contribution is -0.112. The smallest absolute Gasteiger partial charge is 0.266 e. The molecular weight excluding hydrogens is 428 g/mol. The zero-order chi connectivity index (χ0) is 21.1. The summed E-state index contributed by atoms with van der Waals surface area (Å²) in [6, 6.07) is 15.2. The van der Waals surface area contributed by atoms with E-state index in [0.29, 0.717) is 12.3 Å². The van der Waals surface area contributed by atoms with Crippen LogP contribution in [0.5, 0.6) is 5.75 Å². The molecule has 1 amide bonds. The van der Waals surface area contributed by atoms with Crippen LogP contribution >= 0.6 is 15.9 Å². The highest BCUT2D eigenvalue weighted by Gasteiger charge is 2.12. The van der Waals surface area contributed by atoms with Gasteiger partial charge in [-0.2, -0.15) is 5.26 Å². The highest BCUT2D eigenvalue weighted by molar-refractivity contribution is 9.10. The van der Waals surface area contributed by atoms with E-state index in [1.54, 1.807) is 6.08 Å². The summed E-state index contributed by atoms with van der Waals surface area (Å²) < 4.78 is 6.45. The van der Waals surface area contributed by atoms with E-state index in [-0.39, 0.29) is 5.57 Å². The van der Waals surface area contributed by atoms with E-state index in [1.807, 2.05) is 48.5 Å². The third-order valence-corrected chi connectivity index (χ3v) is 5.08. The van der Waals surface area contributed by atoms with Gasteiger partial charge in [0, 0.05) is 4.47 Å². The number of hydrogen-bond acceptors (Lipinski definition) is 3. The lowest BCUT2D eigenvalue weighted by Crippen LogP contribution is -2.14. The van der Waals surface area contributed by atoms with Gasteiger partial charge in [0.1, 0.15) is 17.4 Å². The Balaban J connectivity index is 2.05. The maximum absolute atomic E-state index is 12.6. The lowest BCUT2D eigenvalue weighted by atomic mass is 10.1. The Labute approximate surface area is 181 Å². The van der Waals surface area contributed by atoms with Crippen molar-refractivity contribution < 1.29 is 9.53 Å². The highest BCUT2D eigenvalue weighted by Crippen LogP contribution is 2.25. The van der Waals surface area contributed by atoms with Crippen molar-refractivity contribution in [2.24, 2.45) is 0 Å². The molecule has 2 aromatic carbocycles. The Bertz CT molecular complexity index is 883. The summed E-state index contributed by atoms with van der Waals surface area (Å²) in [7, 11) is 0. The third-order valence-electron chi connectivity index (χ3n) is 4.42. The van der Waals surface area contributed by atoms with Crippen LogP contribution in [0.15, 0.2) is 52.5 Å². The monoisotopic (exact) mass is 454 g/mol. The molecule has 0 atom stereocenters. The summed E-state index contributed by atoms with van der Waals surface area (Å²) in [6.07, 6.45) is 6.94. The molecule has 0 saturated heterocycles. The van der Waals surface area contributed by atoms with Gasteiger partial charge in [-0.1, -0.05) is 44.9 Å². The van der Waals surface area contributed by atoms with Crippen LogP contribution in [0.25, 0.3) is 6.08 Å². The summed E-state index contributed by atoms with van der Waals surface area (Å²) in [5.74, 6) is 0.350. The number of nitrogens with zero attached hydrogens (tertiary/aromatic N) is 1. The first-order valence-corrected chi connectivity index (χ1v) is 10.8. The molecule has 0 bridgehead atoms. The second kappa shape index (κ2) is 12.1. The van der Waals surface area contributed by atoms with Gasteiger partial charge in [0.2, 0.25) is 0 Å². The van der Waals surface area contributed by atoms with Crippen LogP contribution in [0, 0.1) is 11.3 Å². The van der Waals surface area contributed by atoms with Gasteiger partial charge >= 0.3 is 0 Å². The fourth-order valence-electron chi connectivity index (χ4n) is 2.70. The molecule has 2 rings (SSSR count). The van der Waals surface area contributed by atoms with Gasteiger partial charge in [-0.05, 0) is 76.7 Å². The van der Waals surface area contributed by atoms with Gasteiger partial charge in [0.05, 0.1) is 12.3 Å². The number of nitrogens with one attached hydrogen (secondary N) is 1. The third kappa shape index (κ3) is 7.40. The zero-order valence-corrected chi connectivity index (χ0v) is 18.6. The molecule has 2 aromatic rings. The number of halogens is 1. The number of amides is 1. The minimum Gasteiger partial charge on any atom is -0.494 e. The summed E-state index contributed by atoms with van der Waals surface area (Å²) in [6.45, 7) is 4.96. The molecule has 0 spiro atoms. The SMILES string of the molecule is CCCCOc1ccc(/C=C(\C#N)C(=O)Nc2ccc(CCCC)cc2Br)cc1. The fraction of sp³-hybridized carbons (Fsp3) is 0.333. The molecule has 5 heteroatoms. The van der Waals surface area contributed by atoms with Crippen molar-refractivity contribution in [3.63, 3.8) is 0 Å². The normalized spacial score (nSPS) is 11.0. The van der Waals surface area contributed by atoms with Crippen molar-refractivity contribution in [1.82, 2.24) is 0 Å². The van der Waals surface area contributed by atoms with Crippen molar-refractivity contribution in [2.45, 2.75) is 46.0 Å². The minimum atomic E-state index is -0.433. The maximum atomic E-state index is 12.6. The number of benzene rings is 2. The zero-order valence-electron chi connectivity index (χ0n) is 17.0. The van der Waals surface area contributed by atoms with Gasteiger partial charge in [-0.25, -0.2) is 0 Å². The Morgan fingerprint density at radius 2 is 1.86 bits per heavy atom. The summed E-state index contributed by atoms with van der Waals surface area (Å²) >= 11 is 3.51. The van der Waals surface area contributed by atoms with Gasteiger partial charge in [-0.3, -0.25) is 4.79 Å². The maximum Gasteiger partial charge on any atom is 0.266 e. The van der Waals surface area contributed by atoms with Crippen LogP contribution in [-0.4, -0.2) is 12.5 Å². The molecule has 4 nitrogen and oxygen atoms in total. The first-order valence-electron chi connectivity index (χ1n) is 10.0. The predicted molar refractivity (Wildman–Crippen MR) is 122 cm³/mol. The lowest BCUT2D eigenvalue weighted by Gasteiger charge is -2.09. The number of carbonyl (C=O) groups is 1. The second-order valence-corrected chi connectivity index (χ2v) is 7.67. The van der Waals surface area contributed by atoms with E-state index in [9.17, 15) is 10.1 Å². The van der Waals surface area contributed by atoms with Gasteiger partial charge in [-0.15, -0.1) is 0 Å². The average Bonchev–Trinajstić information content (AvgIpc) is 2.73. The van der Waals surface area contributed by atoms with Crippen molar-refractivity contribution in [1.29, 1.82) is 5.26 Å². The molecule has 0 heterocycles. The van der Waals surface area contributed by atoms with Gasteiger partial charge < -0.3 is 10.1 Å². The first kappa shape index (κ1) is 22.7. The summed E-state index contributed by atoms with van der Waals surface area (Å²) in [5.41, 5.74) is 2.69. The van der Waals surface area contributed by atoms with Crippen LogP contribution < -0.4 is 10.1 Å². The van der Waals surface area contributed by atoms with Crippen LogP contribution in [-0.2, 0) is 11.2 Å². The number of unbranched alkanes of at least 4 members (excludes halogenated alkanes) is 2. The van der Waals surface area contributed by atoms with Crippen molar-refractivity contribution >= 4 is 33.6 Å². The number of nitriles is 1. The molecule has 0 aliphatic heterocycles. The molecule has 0 unspecified atom stereocenters. The van der Waals surface area contributed by atoms with Crippen molar-refractivity contribution in [2.75, 3.05) is 11.9 Å². The molecule has 0 aromatic heterocycles.